The van der Waals surface area contributed by atoms with Crippen LogP contribution in [0.1, 0.15) is 83.5 Å². The molecule has 20 heavy (non-hydrogen) atoms. The van der Waals surface area contributed by atoms with Gasteiger partial charge in [0.05, 0.1) is 0 Å². The third-order valence-corrected chi connectivity index (χ3v) is 6.81. The minimum absolute atomic E-state index is 0.366. The van der Waals surface area contributed by atoms with Gasteiger partial charge in [-0.1, -0.05) is 32.1 Å². The summed E-state index contributed by atoms with van der Waals surface area (Å²) in [5.74, 6) is 0. The third-order valence-electron chi connectivity index (χ3n) is 6.81. The first kappa shape index (κ1) is 14.8. The lowest BCUT2D eigenvalue weighted by Crippen LogP contribution is -2.57. The average molecular weight is 278 g/mol. The molecule has 0 unspecified atom stereocenters. The zero-order valence-electron chi connectivity index (χ0n) is 13.3. The highest BCUT2D eigenvalue weighted by molar-refractivity contribution is 5.01. The van der Waals surface area contributed by atoms with Crippen molar-refractivity contribution in [3.63, 3.8) is 0 Å². The second-order valence-corrected chi connectivity index (χ2v) is 7.89. The molecule has 0 aromatic carbocycles. The molecule has 0 bridgehead atoms. The number of hydrogen-bond acceptors (Lipinski definition) is 2. The van der Waals surface area contributed by atoms with Crippen molar-refractivity contribution in [1.82, 2.24) is 4.90 Å². The third kappa shape index (κ3) is 2.92. The first-order valence-electron chi connectivity index (χ1n) is 9.24. The first-order valence-corrected chi connectivity index (χ1v) is 9.24. The molecule has 2 N–H and O–H groups in total. The van der Waals surface area contributed by atoms with Gasteiger partial charge in [-0.05, 0) is 69.9 Å². The number of rotatable bonds is 2. The highest BCUT2D eigenvalue weighted by atomic mass is 15.2. The summed E-state index contributed by atoms with van der Waals surface area (Å²) in [6.07, 6.45) is 18.8. The summed E-state index contributed by atoms with van der Waals surface area (Å²) in [6.45, 7) is 3.51. The Morgan fingerprint density at radius 2 is 1.20 bits per heavy atom. The summed E-state index contributed by atoms with van der Waals surface area (Å²) in [4.78, 5) is 2.81. The quantitative estimate of drug-likeness (QED) is 0.824. The van der Waals surface area contributed by atoms with Crippen LogP contribution in [0.5, 0.6) is 0 Å². The fraction of sp³-hybridized carbons (Fsp3) is 1.00. The SMILES string of the molecule is NCC1(N2CCCCCCC2)CCC2(CCCC2)CC1. The molecular weight excluding hydrogens is 244 g/mol. The van der Waals surface area contributed by atoms with Gasteiger partial charge in [-0.25, -0.2) is 0 Å². The van der Waals surface area contributed by atoms with E-state index in [1.165, 1.54) is 96.6 Å². The van der Waals surface area contributed by atoms with Gasteiger partial charge in [-0.2, -0.15) is 0 Å². The number of nitrogens with two attached hydrogens (primary N) is 1. The van der Waals surface area contributed by atoms with Crippen LogP contribution in [0, 0.1) is 5.41 Å². The maximum atomic E-state index is 6.30. The molecule has 2 nitrogen and oxygen atoms in total. The number of hydrogen-bond donors (Lipinski definition) is 1. The van der Waals surface area contributed by atoms with Crippen molar-refractivity contribution >= 4 is 0 Å². The van der Waals surface area contributed by atoms with E-state index in [2.05, 4.69) is 4.90 Å². The van der Waals surface area contributed by atoms with E-state index in [4.69, 9.17) is 5.73 Å². The van der Waals surface area contributed by atoms with E-state index in [-0.39, 0.29) is 0 Å². The first-order chi connectivity index (χ1) is 9.79. The molecule has 1 heterocycles. The van der Waals surface area contributed by atoms with Crippen molar-refractivity contribution in [2.45, 2.75) is 89.0 Å². The van der Waals surface area contributed by atoms with Crippen LogP contribution in [0.3, 0.4) is 0 Å². The van der Waals surface area contributed by atoms with Crippen LogP contribution in [0.2, 0.25) is 0 Å². The Morgan fingerprint density at radius 1 is 0.650 bits per heavy atom. The molecule has 3 rings (SSSR count). The highest BCUT2D eigenvalue weighted by Crippen LogP contribution is 2.52. The van der Waals surface area contributed by atoms with Gasteiger partial charge in [-0.15, -0.1) is 0 Å². The van der Waals surface area contributed by atoms with Crippen LogP contribution >= 0.6 is 0 Å². The molecule has 116 valence electrons. The average Bonchev–Trinajstić information content (AvgIpc) is 2.89. The maximum Gasteiger partial charge on any atom is 0.0332 e. The molecule has 0 aromatic heterocycles. The van der Waals surface area contributed by atoms with Crippen LogP contribution < -0.4 is 5.73 Å². The van der Waals surface area contributed by atoms with E-state index in [0.717, 1.165) is 12.0 Å². The topological polar surface area (TPSA) is 29.3 Å². The molecule has 0 atom stereocenters. The van der Waals surface area contributed by atoms with E-state index < -0.39 is 0 Å². The Kier molecular flexibility index (Phi) is 4.72. The van der Waals surface area contributed by atoms with Crippen molar-refractivity contribution in [1.29, 1.82) is 0 Å². The number of nitrogens with zero attached hydrogens (tertiary/aromatic N) is 1. The van der Waals surface area contributed by atoms with Crippen molar-refractivity contribution < 1.29 is 0 Å². The Labute approximate surface area is 125 Å². The summed E-state index contributed by atoms with van der Waals surface area (Å²) >= 11 is 0. The van der Waals surface area contributed by atoms with E-state index in [9.17, 15) is 0 Å². The van der Waals surface area contributed by atoms with Crippen LogP contribution in [-0.2, 0) is 0 Å². The standard InChI is InChI=1S/C18H34N2/c19-16-18(20-14-6-2-1-3-7-15-20)12-10-17(11-13-18)8-4-5-9-17/h1-16,19H2. The second-order valence-electron chi connectivity index (χ2n) is 7.89. The maximum absolute atomic E-state index is 6.30. The summed E-state index contributed by atoms with van der Waals surface area (Å²) < 4.78 is 0. The fourth-order valence-corrected chi connectivity index (χ4v) is 5.24. The highest BCUT2D eigenvalue weighted by Gasteiger charge is 2.45. The van der Waals surface area contributed by atoms with Crippen molar-refractivity contribution in [2.75, 3.05) is 19.6 Å². The Hall–Kier alpha value is -0.0800. The van der Waals surface area contributed by atoms with Gasteiger partial charge >= 0.3 is 0 Å². The van der Waals surface area contributed by atoms with Crippen LogP contribution in [0.15, 0.2) is 0 Å². The summed E-state index contributed by atoms with van der Waals surface area (Å²) in [7, 11) is 0. The summed E-state index contributed by atoms with van der Waals surface area (Å²) in [6, 6.07) is 0. The lowest BCUT2D eigenvalue weighted by Gasteiger charge is -2.51. The molecular formula is C18H34N2. The normalized spacial score (nSPS) is 31.1. The molecule has 1 aliphatic heterocycles. The zero-order chi connectivity index (χ0) is 13.9. The molecule has 3 fully saturated rings. The Bertz CT molecular complexity index is 289. The van der Waals surface area contributed by atoms with Crippen molar-refractivity contribution in [3.05, 3.63) is 0 Å². The largest absolute Gasteiger partial charge is 0.329 e. The van der Waals surface area contributed by atoms with Gasteiger partial charge < -0.3 is 5.73 Å². The molecule has 2 saturated carbocycles. The zero-order valence-corrected chi connectivity index (χ0v) is 13.3. The number of likely N-dealkylation sites (tertiary alicyclic amines) is 1. The van der Waals surface area contributed by atoms with E-state index in [1.807, 2.05) is 0 Å². The summed E-state index contributed by atoms with van der Waals surface area (Å²) in [5, 5.41) is 0. The molecule has 2 aliphatic carbocycles. The molecule has 2 heteroatoms. The van der Waals surface area contributed by atoms with Gasteiger partial charge in [0.1, 0.15) is 0 Å². The second kappa shape index (κ2) is 6.36. The van der Waals surface area contributed by atoms with Crippen molar-refractivity contribution in [3.8, 4) is 0 Å². The van der Waals surface area contributed by atoms with Crippen LogP contribution in [-0.4, -0.2) is 30.1 Å². The lowest BCUT2D eigenvalue weighted by molar-refractivity contribution is 0.00916. The van der Waals surface area contributed by atoms with E-state index in [1.54, 1.807) is 0 Å². The van der Waals surface area contributed by atoms with Gasteiger partial charge in [0.15, 0.2) is 0 Å². The van der Waals surface area contributed by atoms with Gasteiger partial charge in [0.25, 0.3) is 0 Å². The monoisotopic (exact) mass is 278 g/mol. The van der Waals surface area contributed by atoms with Crippen LogP contribution in [0.25, 0.3) is 0 Å². The molecule has 3 aliphatic rings. The molecule has 1 spiro atoms. The van der Waals surface area contributed by atoms with Gasteiger partial charge in [0, 0.05) is 12.1 Å². The van der Waals surface area contributed by atoms with E-state index in [0.29, 0.717) is 5.54 Å². The smallest absolute Gasteiger partial charge is 0.0332 e. The van der Waals surface area contributed by atoms with Gasteiger partial charge in [-0.3, -0.25) is 4.90 Å². The Balaban J connectivity index is 1.65. The van der Waals surface area contributed by atoms with Gasteiger partial charge in [0.2, 0.25) is 0 Å². The van der Waals surface area contributed by atoms with Crippen molar-refractivity contribution in [2.24, 2.45) is 11.1 Å². The predicted octanol–water partition coefficient (Wildman–Crippen LogP) is 4.08. The minimum atomic E-state index is 0.366. The Morgan fingerprint density at radius 3 is 1.75 bits per heavy atom. The molecule has 0 radical (unpaired) electrons. The predicted molar refractivity (Wildman–Crippen MR) is 85.8 cm³/mol. The van der Waals surface area contributed by atoms with E-state index >= 15 is 0 Å². The minimum Gasteiger partial charge on any atom is -0.329 e. The molecule has 0 aromatic rings. The summed E-state index contributed by atoms with van der Waals surface area (Å²) in [5.41, 5.74) is 7.41. The molecule has 1 saturated heterocycles. The fourth-order valence-electron chi connectivity index (χ4n) is 5.24. The molecule has 0 amide bonds. The lowest BCUT2D eigenvalue weighted by atomic mass is 9.65. The van der Waals surface area contributed by atoms with Crippen LogP contribution in [0.4, 0.5) is 0 Å².